The number of carbonyl (C=O) groups excluding carboxylic acids is 1. The molecule has 0 N–H and O–H groups in total. The molecular weight excluding hydrogens is 282 g/mol. The van der Waals surface area contributed by atoms with Gasteiger partial charge in [0.25, 0.3) is 0 Å². The van der Waals surface area contributed by atoms with E-state index in [0.29, 0.717) is 13.1 Å². The highest BCUT2D eigenvalue weighted by Crippen LogP contribution is 2.35. The van der Waals surface area contributed by atoms with E-state index in [-0.39, 0.29) is 6.09 Å². The van der Waals surface area contributed by atoms with Crippen LogP contribution in [-0.2, 0) is 17.7 Å². The second kappa shape index (κ2) is 5.23. The van der Waals surface area contributed by atoms with E-state index in [0.717, 1.165) is 34.5 Å². The van der Waals surface area contributed by atoms with Crippen LogP contribution in [0.4, 0.5) is 4.79 Å². The Morgan fingerprint density at radius 1 is 1.32 bits per heavy atom. The number of amides is 1. The Bertz CT molecular complexity index is 711. The predicted octanol–water partition coefficient (Wildman–Crippen LogP) is 3.73. The number of nitrogens with zero attached hydrogens (tertiary/aromatic N) is 1. The lowest BCUT2D eigenvalue weighted by Gasteiger charge is -2.29. The largest absolute Gasteiger partial charge is 0.493 e. The van der Waals surface area contributed by atoms with Gasteiger partial charge >= 0.3 is 6.09 Å². The minimum Gasteiger partial charge on any atom is -0.493 e. The lowest BCUT2D eigenvalue weighted by molar-refractivity contribution is 0.0210. The van der Waals surface area contributed by atoms with Crippen molar-refractivity contribution < 1.29 is 18.7 Å². The monoisotopic (exact) mass is 303 g/mol. The lowest BCUT2D eigenvalue weighted by Crippen LogP contribution is -2.39. The van der Waals surface area contributed by atoms with Crippen molar-refractivity contribution in [3.8, 4) is 5.75 Å². The summed E-state index contributed by atoms with van der Waals surface area (Å²) in [4.78, 5) is 13.9. The van der Waals surface area contributed by atoms with Crippen molar-refractivity contribution in [2.45, 2.75) is 39.3 Å². The summed E-state index contributed by atoms with van der Waals surface area (Å²) in [6.07, 6.45) is 0.458. The molecule has 118 valence electrons. The second-order valence-corrected chi connectivity index (χ2v) is 6.49. The Kier molecular flexibility index (Phi) is 3.51. The molecule has 5 nitrogen and oxygen atoms in total. The highest BCUT2D eigenvalue weighted by atomic mass is 16.6. The highest BCUT2D eigenvalue weighted by molar-refractivity contribution is 5.87. The van der Waals surface area contributed by atoms with Crippen molar-refractivity contribution in [3.63, 3.8) is 0 Å². The van der Waals surface area contributed by atoms with Gasteiger partial charge < -0.3 is 18.8 Å². The minimum absolute atomic E-state index is 0.300. The van der Waals surface area contributed by atoms with E-state index in [2.05, 4.69) is 0 Å². The Balaban J connectivity index is 1.89. The smallest absolute Gasteiger partial charge is 0.410 e. The van der Waals surface area contributed by atoms with E-state index in [9.17, 15) is 4.79 Å². The van der Waals surface area contributed by atoms with Gasteiger partial charge in [0.2, 0.25) is 0 Å². The molecule has 1 aliphatic heterocycles. The van der Waals surface area contributed by atoms with Crippen LogP contribution in [0.25, 0.3) is 11.0 Å². The van der Waals surface area contributed by atoms with E-state index in [1.165, 1.54) is 0 Å². The average Bonchev–Trinajstić information content (AvgIpc) is 2.82. The number of carbonyl (C=O) groups is 1. The van der Waals surface area contributed by atoms with Gasteiger partial charge in [-0.1, -0.05) is 12.1 Å². The van der Waals surface area contributed by atoms with Gasteiger partial charge in [0.15, 0.2) is 11.3 Å². The minimum atomic E-state index is -0.492. The van der Waals surface area contributed by atoms with E-state index in [1.807, 2.05) is 39.0 Å². The number of hydrogen-bond donors (Lipinski definition) is 0. The molecule has 5 heteroatoms. The number of fused-ring (bicyclic) bond motifs is 3. The zero-order valence-corrected chi connectivity index (χ0v) is 13.4. The van der Waals surface area contributed by atoms with Gasteiger partial charge in [0.1, 0.15) is 11.4 Å². The van der Waals surface area contributed by atoms with Crippen LogP contribution in [0, 0.1) is 0 Å². The first-order chi connectivity index (χ1) is 10.4. The summed E-state index contributed by atoms with van der Waals surface area (Å²) in [6.45, 7) is 6.67. The summed E-state index contributed by atoms with van der Waals surface area (Å²) < 4.78 is 16.7. The lowest BCUT2D eigenvalue weighted by atomic mass is 10.0. The summed E-state index contributed by atoms with van der Waals surface area (Å²) >= 11 is 0. The topological polar surface area (TPSA) is 51.9 Å². The summed E-state index contributed by atoms with van der Waals surface area (Å²) in [5, 5.41) is 1.07. The quantitative estimate of drug-likeness (QED) is 0.805. The van der Waals surface area contributed by atoms with Crippen LogP contribution in [-0.4, -0.2) is 30.2 Å². The first kappa shape index (κ1) is 14.8. The first-order valence-electron chi connectivity index (χ1n) is 7.44. The van der Waals surface area contributed by atoms with Crippen LogP contribution >= 0.6 is 0 Å². The number of methoxy groups -OCH3 is 1. The van der Waals surface area contributed by atoms with Gasteiger partial charge in [0, 0.05) is 17.5 Å². The molecule has 1 aliphatic rings. The van der Waals surface area contributed by atoms with Crippen LogP contribution < -0.4 is 4.74 Å². The van der Waals surface area contributed by atoms with Gasteiger partial charge in [-0.2, -0.15) is 0 Å². The predicted molar refractivity (Wildman–Crippen MR) is 83.1 cm³/mol. The van der Waals surface area contributed by atoms with Gasteiger partial charge in [-0.05, 0) is 33.3 Å². The maximum Gasteiger partial charge on any atom is 0.410 e. The molecule has 1 aromatic heterocycles. The average molecular weight is 303 g/mol. The maximum absolute atomic E-state index is 12.2. The molecule has 0 fully saturated rings. The van der Waals surface area contributed by atoms with Crippen LogP contribution in [0.3, 0.4) is 0 Å². The third-order valence-corrected chi connectivity index (χ3v) is 3.70. The van der Waals surface area contributed by atoms with E-state index >= 15 is 0 Å². The Hall–Kier alpha value is -2.17. The Morgan fingerprint density at radius 3 is 2.77 bits per heavy atom. The van der Waals surface area contributed by atoms with Crippen molar-refractivity contribution >= 4 is 17.1 Å². The van der Waals surface area contributed by atoms with Crippen LogP contribution in [0.15, 0.2) is 22.6 Å². The summed E-state index contributed by atoms with van der Waals surface area (Å²) in [5.41, 5.74) is 1.42. The molecule has 0 spiro atoms. The number of benzene rings is 1. The molecule has 0 radical (unpaired) electrons. The molecule has 0 bridgehead atoms. The molecule has 0 unspecified atom stereocenters. The second-order valence-electron chi connectivity index (χ2n) is 6.49. The van der Waals surface area contributed by atoms with Gasteiger partial charge in [-0.15, -0.1) is 0 Å². The molecule has 0 saturated heterocycles. The molecule has 1 aromatic carbocycles. The zero-order valence-electron chi connectivity index (χ0n) is 13.4. The molecule has 0 atom stereocenters. The fraction of sp³-hybridized carbons (Fsp3) is 0.471. The Labute approximate surface area is 129 Å². The first-order valence-corrected chi connectivity index (χ1v) is 7.44. The Morgan fingerprint density at radius 2 is 2.09 bits per heavy atom. The van der Waals surface area contributed by atoms with Crippen LogP contribution in [0.2, 0.25) is 0 Å². The molecule has 1 amide bonds. The molecule has 3 rings (SSSR count). The number of furan rings is 1. The number of para-hydroxylation sites is 1. The van der Waals surface area contributed by atoms with Crippen molar-refractivity contribution in [1.29, 1.82) is 0 Å². The van der Waals surface area contributed by atoms with E-state index in [4.69, 9.17) is 13.9 Å². The molecule has 0 aliphatic carbocycles. The van der Waals surface area contributed by atoms with Gasteiger partial charge in [-0.3, -0.25) is 0 Å². The fourth-order valence-corrected chi connectivity index (χ4v) is 2.74. The molecule has 2 heterocycles. The van der Waals surface area contributed by atoms with Crippen LogP contribution in [0.5, 0.6) is 5.75 Å². The normalized spacial score (nSPS) is 14.8. The van der Waals surface area contributed by atoms with Crippen LogP contribution in [0.1, 0.15) is 32.1 Å². The molecular formula is C17H21NO4. The summed E-state index contributed by atoms with van der Waals surface area (Å²) in [5.74, 6) is 1.53. The van der Waals surface area contributed by atoms with E-state index in [1.54, 1.807) is 12.0 Å². The number of ether oxygens (including phenoxy) is 2. The van der Waals surface area contributed by atoms with Crippen molar-refractivity contribution in [2.75, 3.05) is 13.7 Å². The third-order valence-electron chi connectivity index (χ3n) is 3.70. The molecule has 2 aromatic rings. The highest BCUT2D eigenvalue weighted by Gasteiger charge is 2.29. The van der Waals surface area contributed by atoms with E-state index < -0.39 is 5.60 Å². The van der Waals surface area contributed by atoms with Gasteiger partial charge in [-0.25, -0.2) is 4.79 Å². The van der Waals surface area contributed by atoms with Crippen molar-refractivity contribution in [1.82, 2.24) is 4.90 Å². The number of rotatable bonds is 1. The standard InChI is InChI=1S/C17H21NO4/c1-17(2,3)22-16(19)18-9-8-11-12-6-5-7-13(20-4)15(12)21-14(11)10-18/h5-7H,8-10H2,1-4H3. The SMILES string of the molecule is COc1cccc2c3c(oc12)CN(C(=O)OC(C)(C)C)CC3. The summed E-state index contributed by atoms with van der Waals surface area (Å²) in [7, 11) is 1.63. The third kappa shape index (κ3) is 2.63. The molecule has 22 heavy (non-hydrogen) atoms. The zero-order chi connectivity index (χ0) is 15.9. The van der Waals surface area contributed by atoms with Crippen molar-refractivity contribution in [3.05, 3.63) is 29.5 Å². The maximum atomic E-state index is 12.2. The fourth-order valence-electron chi connectivity index (χ4n) is 2.74. The summed E-state index contributed by atoms with van der Waals surface area (Å²) in [6, 6.07) is 5.86. The molecule has 0 saturated carbocycles. The van der Waals surface area contributed by atoms with Gasteiger partial charge in [0.05, 0.1) is 13.7 Å². The van der Waals surface area contributed by atoms with Crippen molar-refractivity contribution in [2.24, 2.45) is 0 Å². The number of hydrogen-bond acceptors (Lipinski definition) is 4.